The molecular formula is C7H10ClN3O2S. The van der Waals surface area contributed by atoms with E-state index in [9.17, 15) is 8.42 Å². The van der Waals surface area contributed by atoms with Crippen LogP contribution in [0.25, 0.3) is 0 Å². The summed E-state index contributed by atoms with van der Waals surface area (Å²) in [6, 6.07) is 0. The Hall–Kier alpha value is -0.620. The molecule has 0 aliphatic heterocycles. The molecule has 1 aliphatic rings. The summed E-state index contributed by atoms with van der Waals surface area (Å²) < 4.78 is 21.7. The maximum absolute atomic E-state index is 11.2. The molecule has 1 saturated carbocycles. The van der Waals surface area contributed by atoms with Gasteiger partial charge in [-0.05, 0) is 12.8 Å². The summed E-state index contributed by atoms with van der Waals surface area (Å²) in [4.78, 5) is 1.41. The zero-order valence-corrected chi connectivity index (χ0v) is 9.22. The zero-order valence-electron chi connectivity index (χ0n) is 7.64. The van der Waals surface area contributed by atoms with Crippen LogP contribution in [0.15, 0.2) is 6.20 Å². The summed E-state index contributed by atoms with van der Waals surface area (Å²) in [5, 5.41) is 7.91. The summed E-state index contributed by atoms with van der Waals surface area (Å²) in [6.07, 6.45) is 3.18. The van der Waals surface area contributed by atoms with Crippen LogP contribution in [0.3, 0.4) is 0 Å². The highest BCUT2D eigenvalue weighted by molar-refractivity contribution is 8.15. The molecule has 0 spiro atoms. The molecule has 7 heteroatoms. The Morgan fingerprint density at radius 2 is 2.29 bits per heavy atom. The smallest absolute Gasteiger partial charge is 0.212 e. The lowest BCUT2D eigenvalue weighted by Crippen LogP contribution is -2.21. The van der Waals surface area contributed by atoms with Crippen molar-refractivity contribution < 1.29 is 8.42 Å². The van der Waals surface area contributed by atoms with E-state index in [-0.39, 0.29) is 0 Å². The first-order valence-corrected chi connectivity index (χ1v) is 6.53. The highest BCUT2D eigenvalue weighted by Crippen LogP contribution is 2.47. The summed E-state index contributed by atoms with van der Waals surface area (Å²) in [6.45, 7) is 0. The van der Waals surface area contributed by atoms with Crippen LogP contribution in [0.4, 0.5) is 0 Å². The Morgan fingerprint density at radius 1 is 1.64 bits per heavy atom. The molecule has 78 valence electrons. The summed E-state index contributed by atoms with van der Waals surface area (Å²) >= 11 is 0. The molecule has 0 aromatic carbocycles. The number of aromatic nitrogens is 3. The lowest BCUT2D eigenvalue weighted by Gasteiger charge is -2.07. The van der Waals surface area contributed by atoms with Crippen molar-refractivity contribution in [1.29, 1.82) is 0 Å². The van der Waals surface area contributed by atoms with E-state index in [1.807, 2.05) is 0 Å². The second-order valence-corrected chi connectivity index (χ2v) is 6.58. The van der Waals surface area contributed by atoms with E-state index in [4.69, 9.17) is 10.7 Å². The van der Waals surface area contributed by atoms with Gasteiger partial charge in [-0.15, -0.1) is 0 Å². The van der Waals surface area contributed by atoms with Gasteiger partial charge < -0.3 is 0 Å². The zero-order chi connectivity index (χ0) is 10.4. The summed E-state index contributed by atoms with van der Waals surface area (Å²) in [5.74, 6) is 0. The number of hydrogen-bond donors (Lipinski definition) is 0. The molecule has 1 aromatic rings. The second-order valence-electron chi connectivity index (χ2n) is 3.62. The molecule has 0 unspecified atom stereocenters. The van der Waals surface area contributed by atoms with Crippen LogP contribution in [-0.2, 0) is 22.5 Å². The average Bonchev–Trinajstić information content (AvgIpc) is 2.71. The quantitative estimate of drug-likeness (QED) is 0.714. The molecule has 0 amide bonds. The molecule has 0 saturated heterocycles. The molecule has 5 nitrogen and oxygen atoms in total. The summed E-state index contributed by atoms with van der Waals surface area (Å²) in [7, 11) is 3.57. The third-order valence-corrected chi connectivity index (χ3v) is 5.04. The van der Waals surface area contributed by atoms with Crippen molar-refractivity contribution in [2.75, 3.05) is 0 Å². The fourth-order valence-corrected chi connectivity index (χ4v) is 2.98. The van der Waals surface area contributed by atoms with Gasteiger partial charge in [0.05, 0.1) is 16.6 Å². The number of halogens is 1. The number of nitrogens with zero attached hydrogens (tertiary/aromatic N) is 3. The minimum atomic E-state index is -3.49. The van der Waals surface area contributed by atoms with Gasteiger partial charge in [-0.25, -0.2) is 8.42 Å². The maximum Gasteiger partial charge on any atom is 0.238 e. The van der Waals surface area contributed by atoms with Crippen LogP contribution in [0.5, 0.6) is 0 Å². The van der Waals surface area contributed by atoms with Crippen molar-refractivity contribution in [2.24, 2.45) is 7.05 Å². The van der Waals surface area contributed by atoms with Gasteiger partial charge in [0, 0.05) is 24.2 Å². The van der Waals surface area contributed by atoms with Crippen LogP contribution in [-0.4, -0.2) is 28.2 Å². The standard InChI is InChI=1S/C7H10ClN3O2S/c1-11-9-5-6(10-11)4-7(2-3-7)14(8,12)13/h5H,2-4H2,1H3. The van der Waals surface area contributed by atoms with Crippen molar-refractivity contribution >= 4 is 19.7 Å². The normalized spacial score (nSPS) is 19.6. The van der Waals surface area contributed by atoms with E-state index >= 15 is 0 Å². The molecular weight excluding hydrogens is 226 g/mol. The predicted octanol–water partition coefficient (Wildman–Crippen LogP) is 0.459. The van der Waals surface area contributed by atoms with Gasteiger partial charge in [0.15, 0.2) is 0 Å². The van der Waals surface area contributed by atoms with Gasteiger partial charge in [-0.1, -0.05) is 0 Å². The molecule has 1 aliphatic carbocycles. The van der Waals surface area contributed by atoms with Crippen molar-refractivity contribution in [3.8, 4) is 0 Å². The van der Waals surface area contributed by atoms with Crippen molar-refractivity contribution in [3.63, 3.8) is 0 Å². The first kappa shape index (κ1) is 9.92. The Balaban J connectivity index is 2.20. The van der Waals surface area contributed by atoms with Crippen molar-refractivity contribution in [1.82, 2.24) is 15.0 Å². The highest BCUT2D eigenvalue weighted by Gasteiger charge is 2.54. The van der Waals surface area contributed by atoms with Gasteiger partial charge in [-0.3, -0.25) is 0 Å². The van der Waals surface area contributed by atoms with Crippen LogP contribution in [0.2, 0.25) is 0 Å². The highest BCUT2D eigenvalue weighted by atomic mass is 35.7. The van der Waals surface area contributed by atoms with Gasteiger partial charge in [-0.2, -0.15) is 15.0 Å². The van der Waals surface area contributed by atoms with Crippen molar-refractivity contribution in [3.05, 3.63) is 11.9 Å². The molecule has 0 bridgehead atoms. The molecule has 0 N–H and O–H groups in total. The van der Waals surface area contributed by atoms with E-state index in [0.29, 0.717) is 25.0 Å². The first-order valence-electron chi connectivity index (χ1n) is 4.22. The molecule has 0 atom stereocenters. The van der Waals surface area contributed by atoms with Gasteiger partial charge in [0.1, 0.15) is 0 Å². The lowest BCUT2D eigenvalue weighted by molar-refractivity contribution is 0.586. The minimum absolute atomic E-state index is 0.368. The van der Waals surface area contributed by atoms with Crippen LogP contribution < -0.4 is 0 Å². The second kappa shape index (κ2) is 2.93. The maximum atomic E-state index is 11.2. The third kappa shape index (κ3) is 1.64. The van der Waals surface area contributed by atoms with Gasteiger partial charge in [0.2, 0.25) is 9.05 Å². The van der Waals surface area contributed by atoms with Gasteiger partial charge >= 0.3 is 0 Å². The summed E-state index contributed by atoms with van der Waals surface area (Å²) in [5.41, 5.74) is 0.675. The fraction of sp³-hybridized carbons (Fsp3) is 0.714. The van der Waals surface area contributed by atoms with E-state index < -0.39 is 13.8 Å². The van der Waals surface area contributed by atoms with Gasteiger partial charge in [0.25, 0.3) is 0 Å². The fourth-order valence-electron chi connectivity index (χ4n) is 1.45. The minimum Gasteiger partial charge on any atom is -0.212 e. The van der Waals surface area contributed by atoms with E-state index in [0.717, 1.165) is 0 Å². The lowest BCUT2D eigenvalue weighted by atomic mass is 10.2. The number of aryl methyl sites for hydroxylation is 1. The molecule has 2 rings (SSSR count). The van der Waals surface area contributed by atoms with Crippen molar-refractivity contribution in [2.45, 2.75) is 24.0 Å². The number of rotatable bonds is 3. The molecule has 0 radical (unpaired) electrons. The SMILES string of the molecule is Cn1ncc(CC2(S(=O)(=O)Cl)CC2)n1. The van der Waals surface area contributed by atoms with Crippen LogP contribution >= 0.6 is 10.7 Å². The Morgan fingerprint density at radius 3 is 2.64 bits per heavy atom. The van der Waals surface area contributed by atoms with E-state index in [1.54, 1.807) is 13.2 Å². The largest absolute Gasteiger partial charge is 0.238 e. The molecule has 14 heavy (non-hydrogen) atoms. The third-order valence-electron chi connectivity index (χ3n) is 2.48. The Labute approximate surface area is 86.5 Å². The molecule has 1 heterocycles. The van der Waals surface area contributed by atoms with Crippen LogP contribution in [0, 0.1) is 0 Å². The van der Waals surface area contributed by atoms with E-state index in [1.165, 1.54) is 4.80 Å². The number of hydrogen-bond acceptors (Lipinski definition) is 4. The van der Waals surface area contributed by atoms with E-state index in [2.05, 4.69) is 10.2 Å². The average molecular weight is 236 g/mol. The Bertz CT molecular complexity index is 449. The molecule has 1 fully saturated rings. The predicted molar refractivity (Wildman–Crippen MR) is 51.4 cm³/mol. The van der Waals surface area contributed by atoms with Crippen LogP contribution in [0.1, 0.15) is 18.5 Å². The first-order chi connectivity index (χ1) is 6.43. The topological polar surface area (TPSA) is 64.8 Å². The molecule has 1 aromatic heterocycles. The Kier molecular flexibility index (Phi) is 2.08. The monoisotopic (exact) mass is 235 g/mol.